The lowest BCUT2D eigenvalue weighted by atomic mass is 9.82. The van der Waals surface area contributed by atoms with Crippen LogP contribution in [0.4, 0.5) is 0 Å². The summed E-state index contributed by atoms with van der Waals surface area (Å²) in [5.74, 6) is 1.17. The smallest absolute Gasteiger partial charge is 0.162 e. The van der Waals surface area contributed by atoms with Crippen LogP contribution in [0, 0.1) is 11.3 Å². The molecule has 42 heavy (non-hydrogen) atoms. The third kappa shape index (κ3) is 3.41. The molecule has 4 heteroatoms. The fourth-order valence-corrected chi connectivity index (χ4v) is 6.63. The van der Waals surface area contributed by atoms with Gasteiger partial charge in [0.15, 0.2) is 11.6 Å². The quantitative estimate of drug-likeness (QED) is 0.225. The van der Waals surface area contributed by atoms with Gasteiger partial charge in [-0.1, -0.05) is 117 Å². The van der Waals surface area contributed by atoms with Crippen LogP contribution in [0.25, 0.3) is 61.4 Å². The molecular formula is C38H26N4. The predicted molar refractivity (Wildman–Crippen MR) is 170 cm³/mol. The predicted octanol–water partition coefficient (Wildman–Crippen LogP) is 9.09. The molecule has 8 rings (SSSR count). The Morgan fingerprint density at radius 1 is 0.619 bits per heavy atom. The fourth-order valence-electron chi connectivity index (χ4n) is 6.63. The Hall–Kier alpha value is -5.53. The molecule has 0 aliphatic heterocycles. The third-order valence-electron chi connectivity index (χ3n) is 8.67. The molecule has 0 bridgehead atoms. The zero-order chi connectivity index (χ0) is 28.4. The summed E-state index contributed by atoms with van der Waals surface area (Å²) in [5, 5.41) is 12.9. The van der Waals surface area contributed by atoms with Crippen LogP contribution >= 0.6 is 0 Å². The summed E-state index contributed by atoms with van der Waals surface area (Å²) >= 11 is 0. The maximum absolute atomic E-state index is 10.7. The largest absolute Gasteiger partial charge is 0.293 e. The van der Waals surface area contributed by atoms with Gasteiger partial charge in [-0.2, -0.15) is 5.26 Å². The van der Waals surface area contributed by atoms with E-state index >= 15 is 0 Å². The van der Waals surface area contributed by atoms with E-state index in [4.69, 9.17) is 9.97 Å². The van der Waals surface area contributed by atoms with E-state index in [-0.39, 0.29) is 5.41 Å². The zero-order valence-electron chi connectivity index (χ0n) is 23.3. The second kappa shape index (κ2) is 8.99. The van der Waals surface area contributed by atoms with Gasteiger partial charge in [-0.05, 0) is 40.5 Å². The number of hydrogen-bond donors (Lipinski definition) is 0. The maximum Gasteiger partial charge on any atom is 0.162 e. The Balaban J connectivity index is 1.51. The van der Waals surface area contributed by atoms with Crippen molar-refractivity contribution in [2.24, 2.45) is 0 Å². The molecule has 0 amide bonds. The Labute approximate surface area is 244 Å². The Bertz CT molecular complexity index is 2220. The zero-order valence-corrected chi connectivity index (χ0v) is 23.3. The van der Waals surface area contributed by atoms with Crippen molar-refractivity contribution in [2.45, 2.75) is 19.3 Å². The average molecular weight is 539 g/mol. The number of para-hydroxylation sites is 1. The first-order chi connectivity index (χ1) is 20.6. The second-order valence-electron chi connectivity index (χ2n) is 11.4. The molecule has 0 N–H and O–H groups in total. The van der Waals surface area contributed by atoms with Crippen LogP contribution in [0.15, 0.2) is 121 Å². The lowest BCUT2D eigenvalue weighted by molar-refractivity contribution is 0.661. The van der Waals surface area contributed by atoms with E-state index in [0.29, 0.717) is 22.9 Å². The summed E-state index contributed by atoms with van der Waals surface area (Å²) in [6.07, 6.45) is 0. The topological polar surface area (TPSA) is 54.5 Å². The first-order valence-electron chi connectivity index (χ1n) is 14.2. The van der Waals surface area contributed by atoms with Gasteiger partial charge in [0.05, 0.1) is 16.7 Å². The Morgan fingerprint density at radius 3 is 2.05 bits per heavy atom. The number of hydrogen-bond acceptors (Lipinski definition) is 3. The third-order valence-corrected chi connectivity index (χ3v) is 8.67. The monoisotopic (exact) mass is 538 g/mol. The molecule has 2 heterocycles. The number of rotatable bonds is 3. The van der Waals surface area contributed by atoms with Crippen LogP contribution in [0.3, 0.4) is 0 Å². The number of benzene rings is 5. The summed E-state index contributed by atoms with van der Waals surface area (Å²) in [7, 11) is 0. The minimum Gasteiger partial charge on any atom is -0.293 e. The van der Waals surface area contributed by atoms with Crippen molar-refractivity contribution in [2.75, 3.05) is 0 Å². The molecular weight excluding hydrogens is 512 g/mol. The molecule has 0 saturated carbocycles. The lowest BCUT2D eigenvalue weighted by Crippen LogP contribution is -2.15. The molecule has 1 aliphatic rings. The maximum atomic E-state index is 10.7. The minimum absolute atomic E-state index is 0.157. The van der Waals surface area contributed by atoms with Gasteiger partial charge in [0, 0.05) is 27.3 Å². The van der Waals surface area contributed by atoms with E-state index in [0.717, 1.165) is 32.9 Å². The minimum atomic E-state index is -0.157. The number of aromatic nitrogens is 3. The van der Waals surface area contributed by atoms with Crippen molar-refractivity contribution < 1.29 is 0 Å². The first kappa shape index (κ1) is 24.3. The normalized spacial score (nSPS) is 13.2. The molecule has 198 valence electrons. The Kier molecular flexibility index (Phi) is 5.20. The molecule has 4 nitrogen and oxygen atoms in total. The SMILES string of the molecule is CC1(C)c2ccccc2-c2cc3c4ccccc4n(-c4nc(-c5ccccc5)nc(-c5ccccc5)c4C#N)c3cc21. The van der Waals surface area contributed by atoms with E-state index < -0.39 is 0 Å². The number of nitrogens with zero attached hydrogens (tertiary/aromatic N) is 4. The van der Waals surface area contributed by atoms with Crippen LogP contribution in [0.5, 0.6) is 0 Å². The molecule has 2 aromatic heterocycles. The van der Waals surface area contributed by atoms with Crippen LogP contribution in [-0.2, 0) is 5.41 Å². The van der Waals surface area contributed by atoms with Gasteiger partial charge in [-0.3, -0.25) is 4.57 Å². The molecule has 0 atom stereocenters. The van der Waals surface area contributed by atoms with Crippen LogP contribution in [0.1, 0.15) is 30.5 Å². The van der Waals surface area contributed by atoms with E-state index in [1.165, 1.54) is 22.3 Å². The number of fused-ring (bicyclic) bond motifs is 6. The van der Waals surface area contributed by atoms with Gasteiger partial charge in [-0.25, -0.2) is 9.97 Å². The average Bonchev–Trinajstić information content (AvgIpc) is 3.48. The summed E-state index contributed by atoms with van der Waals surface area (Å²) in [6.45, 7) is 4.59. The number of nitriles is 1. The molecule has 0 saturated heterocycles. The van der Waals surface area contributed by atoms with Gasteiger partial charge in [0.25, 0.3) is 0 Å². The summed E-state index contributed by atoms with van der Waals surface area (Å²) in [5.41, 5.74) is 9.91. The molecule has 0 spiro atoms. The van der Waals surface area contributed by atoms with Gasteiger partial charge < -0.3 is 0 Å². The highest BCUT2D eigenvalue weighted by Crippen LogP contribution is 2.51. The summed E-state index contributed by atoms with van der Waals surface area (Å²) in [6, 6.07) is 44.2. The van der Waals surface area contributed by atoms with Crippen LogP contribution in [0.2, 0.25) is 0 Å². The van der Waals surface area contributed by atoms with Crippen molar-refractivity contribution in [3.63, 3.8) is 0 Å². The van der Waals surface area contributed by atoms with E-state index in [1.807, 2.05) is 66.7 Å². The van der Waals surface area contributed by atoms with Gasteiger partial charge in [0.1, 0.15) is 11.6 Å². The van der Waals surface area contributed by atoms with Crippen molar-refractivity contribution in [1.29, 1.82) is 5.26 Å². The highest BCUT2D eigenvalue weighted by atomic mass is 15.1. The highest BCUT2D eigenvalue weighted by Gasteiger charge is 2.36. The Morgan fingerprint density at radius 2 is 1.29 bits per heavy atom. The first-order valence-corrected chi connectivity index (χ1v) is 14.2. The fraction of sp³-hybridized carbons (Fsp3) is 0.0789. The standard InChI is InChI=1S/C38H26N4/c1-38(2)31-19-11-9-17-26(31)28-21-29-27-18-10-12-20-33(27)42(34(29)22-32(28)38)37-30(23-39)35(24-13-5-3-6-14-24)40-36(41-37)25-15-7-4-8-16-25/h3-22H,1-2H3. The molecule has 1 aliphatic carbocycles. The van der Waals surface area contributed by atoms with Crippen LogP contribution < -0.4 is 0 Å². The molecule has 0 radical (unpaired) electrons. The van der Waals surface area contributed by atoms with Gasteiger partial charge in [0.2, 0.25) is 0 Å². The summed E-state index contributed by atoms with van der Waals surface area (Å²) < 4.78 is 2.17. The summed E-state index contributed by atoms with van der Waals surface area (Å²) in [4.78, 5) is 10.1. The lowest BCUT2D eigenvalue weighted by Gasteiger charge is -2.21. The van der Waals surface area contributed by atoms with Crippen LogP contribution in [-0.4, -0.2) is 14.5 Å². The van der Waals surface area contributed by atoms with Crippen molar-refractivity contribution >= 4 is 21.8 Å². The highest BCUT2D eigenvalue weighted by molar-refractivity contribution is 6.11. The molecule has 0 unspecified atom stereocenters. The van der Waals surface area contributed by atoms with Gasteiger partial charge >= 0.3 is 0 Å². The van der Waals surface area contributed by atoms with Crippen molar-refractivity contribution in [1.82, 2.24) is 14.5 Å². The van der Waals surface area contributed by atoms with E-state index in [2.05, 4.69) is 79.1 Å². The second-order valence-corrected chi connectivity index (χ2v) is 11.4. The molecule has 0 fully saturated rings. The van der Waals surface area contributed by atoms with E-state index in [9.17, 15) is 5.26 Å². The van der Waals surface area contributed by atoms with Crippen molar-refractivity contribution in [3.8, 4) is 45.7 Å². The van der Waals surface area contributed by atoms with E-state index in [1.54, 1.807) is 0 Å². The van der Waals surface area contributed by atoms with Gasteiger partial charge in [-0.15, -0.1) is 0 Å². The molecule has 5 aromatic carbocycles. The molecule has 7 aromatic rings. The van der Waals surface area contributed by atoms with Crippen molar-refractivity contribution in [3.05, 3.63) is 138 Å².